The molecule has 1 N–H and O–H groups in total. The van der Waals surface area contributed by atoms with E-state index < -0.39 is 0 Å². The summed E-state index contributed by atoms with van der Waals surface area (Å²) < 4.78 is 11.0. The molecule has 1 atom stereocenters. The van der Waals surface area contributed by atoms with Crippen molar-refractivity contribution in [3.8, 4) is 11.5 Å². The first-order valence-electron chi connectivity index (χ1n) is 8.11. The molecule has 1 amide bonds. The molecule has 2 heterocycles. The molecule has 3 rings (SSSR count). The number of carbonyl (C=O) groups excluding carboxylic acids is 1. The van der Waals surface area contributed by atoms with Crippen LogP contribution in [0.5, 0.6) is 11.5 Å². The Morgan fingerprint density at radius 2 is 2.25 bits per heavy atom. The summed E-state index contributed by atoms with van der Waals surface area (Å²) in [5, 5.41) is 6.77. The summed E-state index contributed by atoms with van der Waals surface area (Å²) in [6.07, 6.45) is 4.42. The minimum Gasteiger partial charge on any atom is -0.493 e. The lowest BCUT2D eigenvalue weighted by molar-refractivity contribution is -0.137. The smallest absolute Gasteiger partial charge is 0.261 e. The number of ether oxygens (including phenoxy) is 2. The monoisotopic (exact) mass is 330 g/mol. The Morgan fingerprint density at radius 3 is 3.00 bits per heavy atom. The summed E-state index contributed by atoms with van der Waals surface area (Å²) in [6, 6.07) is 5.58. The number of likely N-dealkylation sites (tertiary alicyclic amines) is 1. The van der Waals surface area contributed by atoms with E-state index in [1.807, 2.05) is 30.0 Å². The molecule has 0 spiro atoms. The third kappa shape index (κ3) is 3.50. The van der Waals surface area contributed by atoms with Gasteiger partial charge < -0.3 is 14.4 Å². The second-order valence-corrected chi connectivity index (χ2v) is 5.91. The lowest BCUT2D eigenvalue weighted by atomic mass is 10.0. The van der Waals surface area contributed by atoms with Crippen LogP contribution in [0.1, 0.15) is 36.7 Å². The fourth-order valence-corrected chi connectivity index (χ4v) is 3.01. The maximum absolute atomic E-state index is 12.6. The Kier molecular flexibility index (Phi) is 4.98. The predicted octanol–water partition coefficient (Wildman–Crippen LogP) is 2.25. The van der Waals surface area contributed by atoms with Crippen molar-refractivity contribution < 1.29 is 14.3 Å². The number of hydrogen-bond acceptors (Lipinski definition) is 5. The average molecular weight is 330 g/mol. The average Bonchev–Trinajstić information content (AvgIpc) is 3.14. The number of hydrogen-bond donors (Lipinski definition) is 1. The summed E-state index contributed by atoms with van der Waals surface area (Å²) in [6.45, 7) is 2.66. The first-order valence-corrected chi connectivity index (χ1v) is 8.11. The molecule has 1 aromatic carbocycles. The van der Waals surface area contributed by atoms with Crippen LogP contribution in [0.25, 0.3) is 0 Å². The standard InChI is InChI=1S/C17H22N4O3/c1-12-6-7-14(15(9-12)23-2)24-10-16(22)21-8-4-3-5-13(21)17-18-11-19-20-17/h6-7,9,11,13H,3-5,8,10H2,1-2H3,(H,18,19,20). The topological polar surface area (TPSA) is 80.3 Å². The normalized spacial score (nSPS) is 17.6. The van der Waals surface area contributed by atoms with Gasteiger partial charge >= 0.3 is 0 Å². The van der Waals surface area contributed by atoms with E-state index in [1.165, 1.54) is 6.33 Å². The van der Waals surface area contributed by atoms with E-state index in [-0.39, 0.29) is 18.6 Å². The Bertz CT molecular complexity index is 687. The van der Waals surface area contributed by atoms with Crippen LogP contribution in [-0.2, 0) is 4.79 Å². The van der Waals surface area contributed by atoms with Crippen molar-refractivity contribution in [1.82, 2.24) is 20.1 Å². The van der Waals surface area contributed by atoms with E-state index >= 15 is 0 Å². The number of nitrogens with zero attached hydrogens (tertiary/aromatic N) is 3. The molecule has 0 aliphatic carbocycles. The Labute approximate surface area is 141 Å². The molecule has 2 aromatic rings. The maximum Gasteiger partial charge on any atom is 0.261 e. The van der Waals surface area contributed by atoms with Gasteiger partial charge in [-0.3, -0.25) is 9.89 Å². The lowest BCUT2D eigenvalue weighted by Gasteiger charge is -2.34. The fraction of sp³-hybridized carbons (Fsp3) is 0.471. The van der Waals surface area contributed by atoms with Gasteiger partial charge in [0.15, 0.2) is 18.1 Å². The highest BCUT2D eigenvalue weighted by atomic mass is 16.5. The molecular weight excluding hydrogens is 308 g/mol. The molecule has 1 aliphatic rings. The molecule has 7 nitrogen and oxygen atoms in total. The Morgan fingerprint density at radius 1 is 1.38 bits per heavy atom. The zero-order valence-corrected chi connectivity index (χ0v) is 14.0. The SMILES string of the molecule is COc1cc(C)ccc1OCC(=O)N1CCCCC1c1ncn[nH]1. The third-order valence-electron chi connectivity index (χ3n) is 4.24. The number of piperidine rings is 1. The maximum atomic E-state index is 12.6. The molecule has 1 saturated heterocycles. The number of rotatable bonds is 5. The first-order chi connectivity index (χ1) is 11.7. The van der Waals surface area contributed by atoms with Crippen LogP contribution in [0, 0.1) is 6.92 Å². The Balaban J connectivity index is 1.67. The number of amides is 1. The van der Waals surface area contributed by atoms with Gasteiger partial charge in [-0.15, -0.1) is 0 Å². The molecule has 0 radical (unpaired) electrons. The molecule has 1 aliphatic heterocycles. The third-order valence-corrected chi connectivity index (χ3v) is 4.24. The lowest BCUT2D eigenvalue weighted by Crippen LogP contribution is -2.41. The zero-order valence-electron chi connectivity index (χ0n) is 14.0. The van der Waals surface area contributed by atoms with Crippen molar-refractivity contribution >= 4 is 5.91 Å². The van der Waals surface area contributed by atoms with Gasteiger partial charge in [0, 0.05) is 6.54 Å². The fourth-order valence-electron chi connectivity index (χ4n) is 3.01. The van der Waals surface area contributed by atoms with Gasteiger partial charge in [-0.25, -0.2) is 4.98 Å². The van der Waals surface area contributed by atoms with Gasteiger partial charge in [0.1, 0.15) is 12.2 Å². The second-order valence-electron chi connectivity index (χ2n) is 5.91. The molecule has 1 unspecified atom stereocenters. The number of carbonyl (C=O) groups is 1. The van der Waals surface area contributed by atoms with Crippen LogP contribution >= 0.6 is 0 Å². The van der Waals surface area contributed by atoms with E-state index in [2.05, 4.69) is 15.2 Å². The highest BCUT2D eigenvalue weighted by molar-refractivity contribution is 5.78. The first kappa shape index (κ1) is 16.3. The Hall–Kier alpha value is -2.57. The number of benzene rings is 1. The summed E-state index contributed by atoms with van der Waals surface area (Å²) in [5.41, 5.74) is 1.08. The van der Waals surface area contributed by atoms with Crippen LogP contribution in [0.15, 0.2) is 24.5 Å². The molecule has 1 aromatic heterocycles. The second kappa shape index (κ2) is 7.33. The number of aromatic amines is 1. The van der Waals surface area contributed by atoms with Crippen molar-refractivity contribution in [2.75, 3.05) is 20.3 Å². The summed E-state index contributed by atoms with van der Waals surface area (Å²) in [7, 11) is 1.59. The minimum atomic E-state index is -0.0581. The van der Waals surface area contributed by atoms with Crippen LogP contribution in [-0.4, -0.2) is 46.2 Å². The van der Waals surface area contributed by atoms with Gasteiger partial charge in [-0.1, -0.05) is 6.07 Å². The van der Waals surface area contributed by atoms with Crippen molar-refractivity contribution in [2.45, 2.75) is 32.2 Å². The van der Waals surface area contributed by atoms with Gasteiger partial charge in [0.05, 0.1) is 13.2 Å². The van der Waals surface area contributed by atoms with Crippen molar-refractivity contribution in [2.24, 2.45) is 0 Å². The van der Waals surface area contributed by atoms with Crippen molar-refractivity contribution in [3.63, 3.8) is 0 Å². The predicted molar refractivity (Wildman–Crippen MR) is 87.9 cm³/mol. The molecule has 7 heteroatoms. The number of H-pyrrole nitrogens is 1. The summed E-state index contributed by atoms with van der Waals surface area (Å²) >= 11 is 0. The molecule has 1 fully saturated rings. The van der Waals surface area contributed by atoms with Crippen LogP contribution in [0.3, 0.4) is 0 Å². The minimum absolute atomic E-state index is 0.0238. The van der Waals surface area contributed by atoms with E-state index in [0.717, 1.165) is 30.7 Å². The summed E-state index contributed by atoms with van der Waals surface area (Å²) in [5.74, 6) is 1.88. The molecule has 0 bridgehead atoms. The molecular formula is C17H22N4O3. The van der Waals surface area contributed by atoms with Crippen LogP contribution in [0.4, 0.5) is 0 Å². The van der Waals surface area contributed by atoms with E-state index in [0.29, 0.717) is 18.0 Å². The van der Waals surface area contributed by atoms with Crippen LogP contribution in [0.2, 0.25) is 0 Å². The van der Waals surface area contributed by atoms with Crippen LogP contribution < -0.4 is 9.47 Å². The van der Waals surface area contributed by atoms with Crippen molar-refractivity contribution in [3.05, 3.63) is 35.9 Å². The van der Waals surface area contributed by atoms with Gasteiger partial charge in [0.25, 0.3) is 5.91 Å². The van der Waals surface area contributed by atoms with Gasteiger partial charge in [-0.2, -0.15) is 5.10 Å². The largest absolute Gasteiger partial charge is 0.493 e. The number of nitrogens with one attached hydrogen (secondary N) is 1. The zero-order chi connectivity index (χ0) is 16.9. The number of aromatic nitrogens is 3. The number of aryl methyl sites for hydroxylation is 1. The molecule has 0 saturated carbocycles. The van der Waals surface area contributed by atoms with E-state index in [9.17, 15) is 4.79 Å². The van der Waals surface area contributed by atoms with E-state index in [4.69, 9.17) is 9.47 Å². The summed E-state index contributed by atoms with van der Waals surface area (Å²) in [4.78, 5) is 18.7. The van der Waals surface area contributed by atoms with Gasteiger partial charge in [0.2, 0.25) is 0 Å². The highest BCUT2D eigenvalue weighted by Crippen LogP contribution is 2.30. The number of methoxy groups -OCH3 is 1. The van der Waals surface area contributed by atoms with Gasteiger partial charge in [-0.05, 0) is 43.9 Å². The molecule has 24 heavy (non-hydrogen) atoms. The molecule has 128 valence electrons. The van der Waals surface area contributed by atoms with Crippen molar-refractivity contribution in [1.29, 1.82) is 0 Å². The van der Waals surface area contributed by atoms with E-state index in [1.54, 1.807) is 7.11 Å². The quantitative estimate of drug-likeness (QED) is 0.909. The highest BCUT2D eigenvalue weighted by Gasteiger charge is 2.30.